The van der Waals surface area contributed by atoms with Gasteiger partial charge in [0.15, 0.2) is 0 Å². The summed E-state index contributed by atoms with van der Waals surface area (Å²) in [4.78, 5) is -0.334. The van der Waals surface area contributed by atoms with Gasteiger partial charge in [-0.25, -0.2) is 0 Å². The molecule has 2 aromatic carbocycles. The first-order chi connectivity index (χ1) is 15.4. The van der Waals surface area contributed by atoms with E-state index in [1.54, 1.807) is 24.3 Å². The van der Waals surface area contributed by atoms with E-state index in [0.29, 0.717) is 0 Å². The average Bonchev–Trinajstić information content (AvgIpc) is 2.75. The van der Waals surface area contributed by atoms with Gasteiger partial charge in [0.1, 0.15) is 16.4 Å². The van der Waals surface area contributed by atoms with Crippen molar-refractivity contribution in [2.45, 2.75) is 95.3 Å². The maximum atomic E-state index is 11.9. The van der Waals surface area contributed by atoms with Crippen LogP contribution in [0.4, 0.5) is 0 Å². The van der Waals surface area contributed by atoms with Crippen molar-refractivity contribution in [1.29, 1.82) is 0 Å². The Balaban J connectivity index is 0.00000544. The minimum Gasteiger partial charge on any atom is -0.870 e. The van der Waals surface area contributed by atoms with Crippen molar-refractivity contribution < 1.29 is 74.2 Å². The molecule has 0 aromatic heterocycles. The van der Waals surface area contributed by atoms with Crippen molar-refractivity contribution >= 4 is 10.1 Å². The summed E-state index contributed by atoms with van der Waals surface area (Å²) in [5, 5.41) is 11.9. The molecule has 0 spiro atoms. The number of para-hydroxylation sites is 2. The molecule has 0 atom stereocenters. The van der Waals surface area contributed by atoms with Gasteiger partial charge in [-0.05, 0) is 36.6 Å². The molecule has 2 aromatic rings. The van der Waals surface area contributed by atoms with Crippen molar-refractivity contribution in [3.63, 3.8) is 0 Å². The quantitative estimate of drug-likeness (QED) is 0.213. The fraction of sp³-hybridized carbons (Fsp3) is 0.538. The van der Waals surface area contributed by atoms with Gasteiger partial charge in [0, 0.05) is 0 Å². The van der Waals surface area contributed by atoms with Crippen LogP contribution in [-0.2, 0) is 16.5 Å². The van der Waals surface area contributed by atoms with Gasteiger partial charge in [0.2, 0.25) is 0 Å². The first-order valence-corrected chi connectivity index (χ1v) is 13.4. The van der Waals surface area contributed by atoms with Crippen molar-refractivity contribution in [2.75, 3.05) is 0 Å². The SMILES string of the molecule is CCCCCCCCCCCCCCc1ccc(S(=O)(=O)O)c(Oc2ccccc2[O-])c1.[K+]. The molecule has 5 nitrogen and oxygen atoms in total. The van der Waals surface area contributed by atoms with Gasteiger partial charge in [-0.15, -0.1) is 0 Å². The minimum atomic E-state index is -4.46. The summed E-state index contributed by atoms with van der Waals surface area (Å²) >= 11 is 0. The average molecular weight is 501 g/mol. The molecule has 0 fully saturated rings. The number of aryl methyl sites for hydroxylation is 1. The molecule has 0 saturated heterocycles. The molecule has 0 radical (unpaired) electrons. The van der Waals surface area contributed by atoms with Gasteiger partial charge in [-0.1, -0.05) is 108 Å². The van der Waals surface area contributed by atoms with E-state index in [-0.39, 0.29) is 73.5 Å². The van der Waals surface area contributed by atoms with Crippen molar-refractivity contribution in [3.8, 4) is 17.2 Å². The third-order valence-corrected chi connectivity index (χ3v) is 6.57. The first-order valence-electron chi connectivity index (χ1n) is 12.0. The van der Waals surface area contributed by atoms with Crippen LogP contribution in [0.15, 0.2) is 47.4 Å². The van der Waals surface area contributed by atoms with Crippen LogP contribution in [0.2, 0.25) is 0 Å². The Morgan fingerprint density at radius 2 is 1.33 bits per heavy atom. The number of benzene rings is 2. The normalized spacial score (nSPS) is 11.2. The van der Waals surface area contributed by atoms with Crippen LogP contribution in [0.5, 0.6) is 17.2 Å². The molecule has 0 heterocycles. The third-order valence-electron chi connectivity index (χ3n) is 5.67. The maximum absolute atomic E-state index is 11.9. The zero-order valence-electron chi connectivity index (χ0n) is 20.2. The summed E-state index contributed by atoms with van der Waals surface area (Å²) < 4.78 is 38.5. The standard InChI is InChI=1S/C26H38O5S.K/c1-2-3-4-5-6-7-8-9-10-11-12-13-16-22-19-20-26(32(28,29)30)25(21-22)31-24-18-15-14-17-23(24)27;/h14-15,17-21,27H,2-13,16H2,1H3,(H,28,29,30);/q;+1/p-1. The third kappa shape index (κ3) is 12.2. The summed E-state index contributed by atoms with van der Waals surface area (Å²) in [5.41, 5.74) is 0.919. The molecule has 2 rings (SSSR count). The van der Waals surface area contributed by atoms with Crippen LogP contribution in [0.25, 0.3) is 0 Å². The Bertz CT molecular complexity index is 915. The molecular weight excluding hydrogens is 463 g/mol. The second-order valence-electron chi connectivity index (χ2n) is 8.44. The van der Waals surface area contributed by atoms with Crippen LogP contribution >= 0.6 is 0 Å². The molecule has 0 aliphatic heterocycles. The molecule has 178 valence electrons. The summed E-state index contributed by atoms with van der Waals surface area (Å²) in [6.07, 6.45) is 16.1. The Morgan fingerprint density at radius 1 is 0.788 bits per heavy atom. The van der Waals surface area contributed by atoms with E-state index in [9.17, 15) is 18.1 Å². The minimum absolute atomic E-state index is 0. The summed E-state index contributed by atoms with van der Waals surface area (Å²) in [7, 11) is -4.46. The van der Waals surface area contributed by atoms with E-state index in [2.05, 4.69) is 6.92 Å². The molecular formula is C26H37KO5S. The Kier molecular flexibility index (Phi) is 15.9. The molecule has 0 aliphatic carbocycles. The smallest absolute Gasteiger partial charge is 0.870 e. The molecule has 33 heavy (non-hydrogen) atoms. The largest absolute Gasteiger partial charge is 1.00 e. The van der Waals surface area contributed by atoms with Gasteiger partial charge in [-0.3, -0.25) is 4.55 Å². The van der Waals surface area contributed by atoms with E-state index in [1.807, 2.05) is 0 Å². The number of rotatable bonds is 16. The van der Waals surface area contributed by atoms with E-state index in [0.717, 1.165) is 24.8 Å². The molecule has 0 aliphatic rings. The van der Waals surface area contributed by atoms with Crippen LogP contribution in [0, 0.1) is 0 Å². The van der Waals surface area contributed by atoms with Gasteiger partial charge >= 0.3 is 51.4 Å². The Morgan fingerprint density at radius 3 is 1.88 bits per heavy atom. The molecule has 0 saturated carbocycles. The summed E-state index contributed by atoms with van der Waals surface area (Å²) in [6.45, 7) is 2.25. The molecule has 0 unspecified atom stereocenters. The number of hydrogen-bond acceptors (Lipinski definition) is 4. The monoisotopic (exact) mass is 500 g/mol. The van der Waals surface area contributed by atoms with Crippen molar-refractivity contribution in [2.24, 2.45) is 0 Å². The van der Waals surface area contributed by atoms with Crippen molar-refractivity contribution in [3.05, 3.63) is 48.0 Å². The number of ether oxygens (including phenoxy) is 1. The topological polar surface area (TPSA) is 86.7 Å². The van der Waals surface area contributed by atoms with E-state index >= 15 is 0 Å². The van der Waals surface area contributed by atoms with Gasteiger partial charge < -0.3 is 9.84 Å². The summed E-state index contributed by atoms with van der Waals surface area (Å²) in [5.74, 6) is -0.340. The molecule has 0 bridgehead atoms. The Hall–Kier alpha value is -0.414. The zero-order chi connectivity index (χ0) is 23.2. The van der Waals surface area contributed by atoms with Crippen LogP contribution in [0.1, 0.15) is 89.5 Å². The molecule has 1 N–H and O–H groups in total. The second-order valence-corrected chi connectivity index (χ2v) is 9.83. The van der Waals surface area contributed by atoms with Gasteiger partial charge in [0.25, 0.3) is 10.1 Å². The Labute approximate surface area is 242 Å². The van der Waals surface area contributed by atoms with Crippen LogP contribution in [0.3, 0.4) is 0 Å². The molecule has 0 amide bonds. The van der Waals surface area contributed by atoms with E-state index in [4.69, 9.17) is 4.74 Å². The fourth-order valence-corrected chi connectivity index (χ4v) is 4.42. The number of hydrogen-bond donors (Lipinski definition) is 1. The fourth-order valence-electron chi connectivity index (χ4n) is 3.82. The van der Waals surface area contributed by atoms with Gasteiger partial charge in [-0.2, -0.15) is 8.42 Å². The summed E-state index contributed by atoms with van der Waals surface area (Å²) in [6, 6.07) is 10.7. The second kappa shape index (κ2) is 17.1. The van der Waals surface area contributed by atoms with E-state index in [1.165, 1.54) is 82.4 Å². The van der Waals surface area contributed by atoms with Crippen LogP contribution in [-0.4, -0.2) is 13.0 Å². The zero-order valence-corrected chi connectivity index (χ0v) is 24.2. The predicted molar refractivity (Wildman–Crippen MR) is 127 cm³/mol. The van der Waals surface area contributed by atoms with Crippen molar-refractivity contribution in [1.82, 2.24) is 0 Å². The van der Waals surface area contributed by atoms with E-state index < -0.39 is 10.1 Å². The number of unbranched alkanes of at least 4 members (excludes halogenated alkanes) is 11. The molecule has 7 heteroatoms. The van der Waals surface area contributed by atoms with Crippen LogP contribution < -0.4 is 61.2 Å². The predicted octanol–water partition coefficient (Wildman–Crippen LogP) is 4.05. The first kappa shape index (κ1) is 30.6. The maximum Gasteiger partial charge on any atom is 1.00 e. The van der Waals surface area contributed by atoms with Gasteiger partial charge in [0.05, 0.1) is 0 Å².